The summed E-state index contributed by atoms with van der Waals surface area (Å²) in [6.07, 6.45) is 1.63. The molecule has 0 spiro atoms. The molecule has 1 heterocycles. The molecule has 0 radical (unpaired) electrons. The molecule has 1 aromatic heterocycles. The fourth-order valence-electron chi connectivity index (χ4n) is 0.880. The zero-order valence-electron chi connectivity index (χ0n) is 6.29. The second-order valence-corrected chi connectivity index (χ2v) is 5.63. The van der Waals surface area contributed by atoms with Gasteiger partial charge in [-0.1, -0.05) is 11.6 Å². The van der Waals surface area contributed by atoms with E-state index in [1.807, 2.05) is 0 Å². The van der Waals surface area contributed by atoms with Crippen LogP contribution in [0.15, 0.2) is 12.3 Å². The van der Waals surface area contributed by atoms with Crippen molar-refractivity contribution >= 4 is 31.3 Å². The zero-order chi connectivity index (χ0) is 9.35. The molecule has 12 heavy (non-hydrogen) atoms. The quantitative estimate of drug-likeness (QED) is 0.723. The largest absolute Gasteiger partial charge is 0.342 e. The lowest BCUT2D eigenvalue weighted by Crippen LogP contribution is -1.93. The SMILES string of the molecule is Cn1cc(CS(=O)(=O)Cl)cc1Cl. The molecule has 0 aromatic carbocycles. The average molecular weight is 228 g/mol. The standard InChI is InChI=1S/C6H7Cl2NO2S/c1-9-3-5(2-6(9)7)4-12(8,10)11/h2-3H,4H2,1H3. The third kappa shape index (κ3) is 2.69. The number of aromatic nitrogens is 1. The van der Waals surface area contributed by atoms with E-state index >= 15 is 0 Å². The third-order valence-electron chi connectivity index (χ3n) is 1.34. The number of hydrogen-bond acceptors (Lipinski definition) is 2. The first-order chi connectivity index (χ1) is 5.38. The first kappa shape index (κ1) is 9.89. The molecule has 3 nitrogen and oxygen atoms in total. The van der Waals surface area contributed by atoms with Crippen molar-refractivity contribution in [2.75, 3.05) is 0 Å². The van der Waals surface area contributed by atoms with Gasteiger partial charge in [-0.3, -0.25) is 0 Å². The molecule has 0 bridgehead atoms. The Morgan fingerprint density at radius 2 is 2.17 bits per heavy atom. The highest BCUT2D eigenvalue weighted by atomic mass is 35.7. The fourth-order valence-corrected chi connectivity index (χ4v) is 2.00. The Kier molecular flexibility index (Phi) is 2.70. The molecule has 0 fully saturated rings. The van der Waals surface area contributed by atoms with Gasteiger partial charge in [0.1, 0.15) is 5.15 Å². The lowest BCUT2D eigenvalue weighted by atomic mass is 10.4. The van der Waals surface area contributed by atoms with Gasteiger partial charge in [-0.2, -0.15) is 0 Å². The van der Waals surface area contributed by atoms with Gasteiger partial charge in [-0.25, -0.2) is 8.42 Å². The van der Waals surface area contributed by atoms with E-state index in [0.29, 0.717) is 10.7 Å². The van der Waals surface area contributed by atoms with Crippen molar-refractivity contribution in [1.82, 2.24) is 4.57 Å². The highest BCUT2D eigenvalue weighted by molar-refractivity contribution is 8.13. The van der Waals surface area contributed by atoms with Crippen molar-refractivity contribution in [3.05, 3.63) is 23.0 Å². The first-order valence-corrected chi connectivity index (χ1v) is 5.97. The van der Waals surface area contributed by atoms with Crippen LogP contribution in [0.2, 0.25) is 5.15 Å². The van der Waals surface area contributed by atoms with Gasteiger partial charge in [-0.05, 0) is 11.6 Å². The van der Waals surface area contributed by atoms with Crippen LogP contribution in [0.25, 0.3) is 0 Å². The Bertz CT molecular complexity index is 363. The maximum Gasteiger partial charge on any atom is 0.236 e. The normalized spacial score (nSPS) is 11.9. The third-order valence-corrected chi connectivity index (χ3v) is 2.72. The van der Waals surface area contributed by atoms with E-state index in [1.165, 1.54) is 0 Å². The van der Waals surface area contributed by atoms with Gasteiger partial charge in [0.05, 0.1) is 5.75 Å². The van der Waals surface area contributed by atoms with Crippen LogP contribution in [-0.2, 0) is 21.9 Å². The number of halogens is 2. The Morgan fingerprint density at radius 1 is 1.58 bits per heavy atom. The maximum absolute atomic E-state index is 10.6. The van der Waals surface area contributed by atoms with Crippen LogP contribution in [0.1, 0.15) is 5.56 Å². The Hall–Kier alpha value is -0.190. The molecule has 0 aliphatic rings. The highest BCUT2D eigenvalue weighted by Crippen LogP contribution is 2.16. The predicted octanol–water partition coefficient (Wildman–Crippen LogP) is 1.75. The zero-order valence-corrected chi connectivity index (χ0v) is 8.62. The second kappa shape index (κ2) is 3.28. The summed E-state index contributed by atoms with van der Waals surface area (Å²) in [6, 6.07) is 1.57. The van der Waals surface area contributed by atoms with Crippen molar-refractivity contribution in [3.63, 3.8) is 0 Å². The summed E-state index contributed by atoms with van der Waals surface area (Å²) in [4.78, 5) is 0. The van der Waals surface area contributed by atoms with Crippen LogP contribution in [-0.4, -0.2) is 13.0 Å². The van der Waals surface area contributed by atoms with E-state index in [1.54, 1.807) is 23.9 Å². The lowest BCUT2D eigenvalue weighted by molar-refractivity contribution is 0.609. The monoisotopic (exact) mass is 227 g/mol. The van der Waals surface area contributed by atoms with Gasteiger partial charge < -0.3 is 4.57 Å². The van der Waals surface area contributed by atoms with Crippen molar-refractivity contribution in [1.29, 1.82) is 0 Å². The molecule has 0 unspecified atom stereocenters. The van der Waals surface area contributed by atoms with Crippen molar-refractivity contribution in [2.24, 2.45) is 7.05 Å². The van der Waals surface area contributed by atoms with Crippen LogP contribution in [0, 0.1) is 0 Å². The number of hydrogen-bond donors (Lipinski definition) is 0. The van der Waals surface area contributed by atoms with E-state index < -0.39 is 9.05 Å². The molecule has 1 aromatic rings. The van der Waals surface area contributed by atoms with Gasteiger partial charge in [-0.15, -0.1) is 0 Å². The van der Waals surface area contributed by atoms with Crippen LogP contribution >= 0.6 is 22.3 Å². The lowest BCUT2D eigenvalue weighted by Gasteiger charge is -1.90. The number of rotatable bonds is 2. The minimum atomic E-state index is -3.48. The maximum atomic E-state index is 10.6. The molecule has 68 valence electrons. The number of aryl methyl sites for hydroxylation is 1. The summed E-state index contributed by atoms with van der Waals surface area (Å²) in [5.74, 6) is -0.185. The summed E-state index contributed by atoms with van der Waals surface area (Å²) in [5, 5.41) is 0.491. The summed E-state index contributed by atoms with van der Waals surface area (Å²) < 4.78 is 22.9. The molecule has 0 N–H and O–H groups in total. The smallest absolute Gasteiger partial charge is 0.236 e. The molecule has 0 aliphatic carbocycles. The number of nitrogens with zero attached hydrogens (tertiary/aromatic N) is 1. The molecule has 0 atom stereocenters. The molecule has 0 saturated heterocycles. The summed E-state index contributed by atoms with van der Waals surface area (Å²) in [7, 11) is 3.30. The van der Waals surface area contributed by atoms with Gasteiger partial charge in [0.15, 0.2) is 0 Å². The Morgan fingerprint density at radius 3 is 2.50 bits per heavy atom. The Balaban J connectivity index is 2.92. The molecular weight excluding hydrogens is 221 g/mol. The van der Waals surface area contributed by atoms with Gasteiger partial charge in [0.2, 0.25) is 9.05 Å². The summed E-state index contributed by atoms with van der Waals surface area (Å²) in [5.41, 5.74) is 0.595. The van der Waals surface area contributed by atoms with E-state index in [-0.39, 0.29) is 5.75 Å². The molecule has 0 aliphatic heterocycles. The summed E-state index contributed by atoms with van der Waals surface area (Å²) in [6.45, 7) is 0. The van der Waals surface area contributed by atoms with E-state index in [9.17, 15) is 8.42 Å². The Labute approximate surface area is 80.3 Å². The molecule has 0 saturated carbocycles. The van der Waals surface area contributed by atoms with Crippen molar-refractivity contribution in [3.8, 4) is 0 Å². The van der Waals surface area contributed by atoms with Gasteiger partial charge in [0.25, 0.3) is 0 Å². The van der Waals surface area contributed by atoms with Crippen LogP contribution < -0.4 is 0 Å². The van der Waals surface area contributed by atoms with E-state index in [2.05, 4.69) is 0 Å². The van der Waals surface area contributed by atoms with Crippen LogP contribution in [0.4, 0.5) is 0 Å². The van der Waals surface area contributed by atoms with Crippen LogP contribution in [0.5, 0.6) is 0 Å². The molecule has 6 heteroatoms. The highest BCUT2D eigenvalue weighted by Gasteiger charge is 2.09. The van der Waals surface area contributed by atoms with Gasteiger partial charge in [0, 0.05) is 23.9 Å². The van der Waals surface area contributed by atoms with Crippen molar-refractivity contribution in [2.45, 2.75) is 5.75 Å². The molecule has 0 amide bonds. The van der Waals surface area contributed by atoms with E-state index in [4.69, 9.17) is 22.3 Å². The van der Waals surface area contributed by atoms with Crippen LogP contribution in [0.3, 0.4) is 0 Å². The average Bonchev–Trinajstić information content (AvgIpc) is 2.07. The molecular formula is C6H7Cl2NO2S. The predicted molar refractivity (Wildman–Crippen MR) is 48.9 cm³/mol. The summed E-state index contributed by atoms with van der Waals surface area (Å²) >= 11 is 5.68. The minimum absolute atomic E-state index is 0.185. The second-order valence-electron chi connectivity index (χ2n) is 2.47. The minimum Gasteiger partial charge on any atom is -0.342 e. The van der Waals surface area contributed by atoms with Gasteiger partial charge >= 0.3 is 0 Å². The first-order valence-electron chi connectivity index (χ1n) is 3.11. The fraction of sp³-hybridized carbons (Fsp3) is 0.333. The van der Waals surface area contributed by atoms with E-state index in [0.717, 1.165) is 0 Å². The topological polar surface area (TPSA) is 39.1 Å². The van der Waals surface area contributed by atoms with Crippen molar-refractivity contribution < 1.29 is 8.42 Å². The molecule has 1 rings (SSSR count).